The normalized spacial score (nSPS) is 21.7. The van der Waals surface area contributed by atoms with Crippen molar-refractivity contribution in [2.24, 2.45) is 11.1 Å². The lowest BCUT2D eigenvalue weighted by Crippen LogP contribution is -2.58. The summed E-state index contributed by atoms with van der Waals surface area (Å²) in [4.78, 5) is 28.2. The van der Waals surface area contributed by atoms with Crippen molar-refractivity contribution in [1.29, 1.82) is 0 Å². The molecule has 1 fully saturated rings. The molecule has 1 amide bonds. The fourth-order valence-electron chi connectivity index (χ4n) is 5.94. The molecule has 11 heteroatoms. The number of nitrogens with two attached hydrogens (primary N) is 1. The van der Waals surface area contributed by atoms with Crippen LogP contribution in [0, 0.1) is 5.41 Å². The van der Waals surface area contributed by atoms with Gasteiger partial charge in [-0.15, -0.1) is 0 Å². The Hall–Kier alpha value is -2.95. The van der Waals surface area contributed by atoms with Crippen LogP contribution in [0.4, 0.5) is 0 Å². The number of halogens is 2. The highest BCUT2D eigenvalue weighted by molar-refractivity contribution is 7.89. The smallest absolute Gasteiger partial charge is 0.304 e. The van der Waals surface area contributed by atoms with Gasteiger partial charge in [-0.05, 0) is 59.9 Å². The average molecular weight is 633 g/mol. The van der Waals surface area contributed by atoms with Gasteiger partial charge in [-0.1, -0.05) is 79.5 Å². The molecule has 1 aliphatic heterocycles. The Kier molecular flexibility index (Phi) is 10.0. The Morgan fingerprint density at radius 2 is 1.76 bits per heavy atom. The Balaban J connectivity index is 1.82. The summed E-state index contributed by atoms with van der Waals surface area (Å²) in [5, 5.41) is 10.9. The van der Waals surface area contributed by atoms with Gasteiger partial charge in [0.25, 0.3) is 0 Å². The van der Waals surface area contributed by atoms with Gasteiger partial charge in [0, 0.05) is 35.1 Å². The molecule has 42 heavy (non-hydrogen) atoms. The molecular weight excluding hydrogens is 597 g/mol. The zero-order chi connectivity index (χ0) is 30.7. The zero-order valence-electron chi connectivity index (χ0n) is 23.5. The van der Waals surface area contributed by atoms with Crippen LogP contribution in [-0.4, -0.2) is 42.9 Å². The molecule has 4 atom stereocenters. The van der Waals surface area contributed by atoms with Crippen molar-refractivity contribution in [2.45, 2.75) is 62.6 Å². The number of aliphatic carboxylic acids is 1. The van der Waals surface area contributed by atoms with Crippen LogP contribution in [0.3, 0.4) is 0 Å². The van der Waals surface area contributed by atoms with Gasteiger partial charge in [-0.25, -0.2) is 13.1 Å². The standard InChI is InChI=1S/C31H35Cl2N3O5S/c1-3-25(19-35-42(40,41)27-10-5-4-7-22(27)18-34)36-29(20-11-13-23(32)14-12-20)26(21-8-6-9-24(33)15-21)16-31(2,30(36)39)17-28(37)38/h4-15,25-26,29,35H,3,16-19,34H2,1-2H3,(H,37,38). The summed E-state index contributed by atoms with van der Waals surface area (Å²) in [7, 11) is -3.97. The van der Waals surface area contributed by atoms with E-state index in [-0.39, 0.29) is 42.7 Å². The first kappa shape index (κ1) is 32.0. The number of hydrogen-bond acceptors (Lipinski definition) is 5. The number of nitrogens with zero attached hydrogens (tertiary/aromatic N) is 1. The summed E-state index contributed by atoms with van der Waals surface area (Å²) >= 11 is 12.6. The Morgan fingerprint density at radius 3 is 2.38 bits per heavy atom. The van der Waals surface area contributed by atoms with E-state index in [0.29, 0.717) is 22.0 Å². The second kappa shape index (κ2) is 13.1. The third kappa shape index (κ3) is 6.82. The Labute approximate surface area is 256 Å². The minimum atomic E-state index is -3.97. The predicted octanol–water partition coefficient (Wildman–Crippen LogP) is 5.75. The lowest BCUT2D eigenvalue weighted by Gasteiger charge is -2.52. The number of amides is 1. The van der Waals surface area contributed by atoms with Gasteiger partial charge < -0.3 is 15.7 Å². The molecule has 8 nitrogen and oxygen atoms in total. The topological polar surface area (TPSA) is 130 Å². The maximum absolute atomic E-state index is 14.4. The van der Waals surface area contributed by atoms with Gasteiger partial charge >= 0.3 is 5.97 Å². The lowest BCUT2D eigenvalue weighted by atomic mass is 9.67. The summed E-state index contributed by atoms with van der Waals surface area (Å²) in [5.41, 5.74) is 6.67. The largest absolute Gasteiger partial charge is 0.481 e. The number of carboxylic acids is 1. The summed E-state index contributed by atoms with van der Waals surface area (Å²) in [6, 6.07) is 19.9. The fourth-order valence-corrected chi connectivity index (χ4v) is 7.58. The van der Waals surface area contributed by atoms with Crippen molar-refractivity contribution in [3.8, 4) is 0 Å². The first-order chi connectivity index (χ1) is 19.9. The molecule has 0 radical (unpaired) electrons. The monoisotopic (exact) mass is 631 g/mol. The number of carbonyl (C=O) groups excluding carboxylic acids is 1. The number of carbonyl (C=O) groups is 2. The van der Waals surface area contributed by atoms with E-state index in [4.69, 9.17) is 28.9 Å². The van der Waals surface area contributed by atoms with Crippen molar-refractivity contribution in [3.05, 3.63) is 99.5 Å². The van der Waals surface area contributed by atoms with Crippen LogP contribution < -0.4 is 10.5 Å². The molecule has 0 saturated carbocycles. The van der Waals surface area contributed by atoms with Crippen molar-refractivity contribution in [2.75, 3.05) is 6.54 Å². The van der Waals surface area contributed by atoms with Gasteiger partial charge in [0.15, 0.2) is 0 Å². The number of rotatable bonds is 11. The third-order valence-electron chi connectivity index (χ3n) is 7.99. The second-order valence-electron chi connectivity index (χ2n) is 10.9. The minimum Gasteiger partial charge on any atom is -0.481 e. The molecule has 0 bridgehead atoms. The SMILES string of the molecule is CCC(CNS(=O)(=O)c1ccccc1CN)N1C(=O)C(C)(CC(=O)O)CC(c2cccc(Cl)c2)C1c1ccc(Cl)cc1. The van der Waals surface area contributed by atoms with Crippen LogP contribution in [0.15, 0.2) is 77.7 Å². The minimum absolute atomic E-state index is 0.0480. The first-order valence-electron chi connectivity index (χ1n) is 13.7. The molecule has 0 aromatic heterocycles. The number of benzene rings is 3. The number of nitrogens with one attached hydrogen (secondary N) is 1. The maximum atomic E-state index is 14.4. The molecule has 0 aliphatic carbocycles. The van der Waals surface area contributed by atoms with Crippen LogP contribution in [0.1, 0.15) is 61.8 Å². The molecular formula is C31H35Cl2N3O5S. The lowest BCUT2D eigenvalue weighted by molar-refractivity contribution is -0.160. The van der Waals surface area contributed by atoms with Crippen molar-refractivity contribution < 1.29 is 23.1 Å². The van der Waals surface area contributed by atoms with Gasteiger partial charge in [0.1, 0.15) is 0 Å². The number of carboxylic acid groups (broad SMARTS) is 1. The first-order valence-corrected chi connectivity index (χ1v) is 16.0. The number of piperidine rings is 1. The summed E-state index contributed by atoms with van der Waals surface area (Å²) in [6.07, 6.45) is 0.287. The molecule has 4 unspecified atom stereocenters. The highest BCUT2D eigenvalue weighted by Crippen LogP contribution is 2.52. The number of hydrogen-bond donors (Lipinski definition) is 3. The highest BCUT2D eigenvalue weighted by atomic mass is 35.5. The Morgan fingerprint density at radius 1 is 1.07 bits per heavy atom. The van der Waals surface area contributed by atoms with E-state index in [2.05, 4.69) is 4.72 Å². The molecule has 3 aromatic carbocycles. The molecule has 3 aromatic rings. The molecule has 224 valence electrons. The van der Waals surface area contributed by atoms with Crippen LogP contribution in [0.25, 0.3) is 0 Å². The quantitative estimate of drug-likeness (QED) is 0.247. The number of sulfonamides is 1. The van der Waals surface area contributed by atoms with Gasteiger partial charge in [-0.2, -0.15) is 0 Å². The second-order valence-corrected chi connectivity index (χ2v) is 13.5. The van der Waals surface area contributed by atoms with E-state index in [1.165, 1.54) is 6.07 Å². The van der Waals surface area contributed by atoms with Crippen LogP contribution in [-0.2, 0) is 26.2 Å². The van der Waals surface area contributed by atoms with E-state index in [0.717, 1.165) is 11.1 Å². The fraction of sp³-hybridized carbons (Fsp3) is 0.355. The van der Waals surface area contributed by atoms with Gasteiger partial charge in [0.05, 0.1) is 22.8 Å². The van der Waals surface area contributed by atoms with Crippen molar-refractivity contribution in [3.63, 3.8) is 0 Å². The van der Waals surface area contributed by atoms with Crippen molar-refractivity contribution >= 4 is 45.1 Å². The Bertz CT molecular complexity index is 1550. The summed E-state index contributed by atoms with van der Waals surface area (Å²) < 4.78 is 29.5. The molecule has 0 spiro atoms. The molecule has 1 saturated heterocycles. The van der Waals surface area contributed by atoms with Gasteiger partial charge in [-0.3, -0.25) is 9.59 Å². The summed E-state index contributed by atoms with van der Waals surface area (Å²) in [6.45, 7) is 3.50. The zero-order valence-corrected chi connectivity index (χ0v) is 25.8. The van der Waals surface area contributed by atoms with E-state index >= 15 is 0 Å². The van der Waals surface area contributed by atoms with E-state index < -0.39 is 33.5 Å². The predicted molar refractivity (Wildman–Crippen MR) is 164 cm³/mol. The molecule has 4 rings (SSSR count). The average Bonchev–Trinajstić information content (AvgIpc) is 2.95. The van der Waals surface area contributed by atoms with Crippen molar-refractivity contribution in [1.82, 2.24) is 9.62 Å². The van der Waals surface area contributed by atoms with E-state index in [1.54, 1.807) is 48.2 Å². The molecule has 1 heterocycles. The molecule has 4 N–H and O–H groups in total. The van der Waals surface area contributed by atoms with Crippen LogP contribution in [0.5, 0.6) is 0 Å². The summed E-state index contributed by atoms with van der Waals surface area (Å²) in [5.74, 6) is -1.78. The third-order valence-corrected chi connectivity index (χ3v) is 10.00. The molecule has 1 aliphatic rings. The number of likely N-dealkylation sites (tertiary alicyclic amines) is 1. The highest BCUT2D eigenvalue weighted by Gasteiger charge is 2.52. The van der Waals surface area contributed by atoms with E-state index in [9.17, 15) is 23.1 Å². The van der Waals surface area contributed by atoms with Crippen LogP contribution in [0.2, 0.25) is 10.0 Å². The van der Waals surface area contributed by atoms with Gasteiger partial charge in [0.2, 0.25) is 15.9 Å². The maximum Gasteiger partial charge on any atom is 0.304 e. The van der Waals surface area contributed by atoms with Crippen LogP contribution >= 0.6 is 23.2 Å². The van der Waals surface area contributed by atoms with E-state index in [1.807, 2.05) is 37.3 Å².